The van der Waals surface area contributed by atoms with Crippen molar-refractivity contribution >= 4 is 17.3 Å². The molecule has 0 spiro atoms. The minimum Gasteiger partial charge on any atom is -0.384 e. The van der Waals surface area contributed by atoms with E-state index in [0.717, 1.165) is 31.1 Å². The minimum absolute atomic E-state index is 0.148. The topological polar surface area (TPSA) is 38.5 Å². The lowest BCUT2D eigenvalue weighted by Gasteiger charge is -2.23. The fourth-order valence-corrected chi connectivity index (χ4v) is 2.99. The molecule has 2 unspecified atom stereocenters. The van der Waals surface area contributed by atoms with E-state index < -0.39 is 0 Å². The van der Waals surface area contributed by atoms with Crippen LogP contribution in [0.2, 0.25) is 5.02 Å². The van der Waals surface area contributed by atoms with Crippen molar-refractivity contribution in [2.75, 3.05) is 31.7 Å². The van der Waals surface area contributed by atoms with Crippen molar-refractivity contribution in [3.05, 3.63) is 28.8 Å². The lowest BCUT2D eigenvalue weighted by atomic mass is 10.0. The predicted molar refractivity (Wildman–Crippen MR) is 81.0 cm³/mol. The summed E-state index contributed by atoms with van der Waals surface area (Å²) >= 11 is 6.11. The van der Waals surface area contributed by atoms with Gasteiger partial charge < -0.3 is 15.4 Å². The van der Waals surface area contributed by atoms with Crippen molar-refractivity contribution in [3.8, 4) is 0 Å². The Morgan fingerprint density at radius 2 is 2.32 bits per heavy atom. The standard InChI is InChI=1S/C15H23ClN2O/c1-11(17)7-13-8-14(16)3-4-15(13)18-6-5-12(9-18)10-19-2/h3-4,8,11-12H,5-7,9-10,17H2,1-2H3. The Kier molecular flexibility index (Phi) is 5.08. The SMILES string of the molecule is COCC1CCN(c2ccc(Cl)cc2CC(C)N)C1. The maximum atomic E-state index is 6.11. The van der Waals surface area contributed by atoms with Gasteiger partial charge >= 0.3 is 0 Å². The van der Waals surface area contributed by atoms with Gasteiger partial charge in [0.1, 0.15) is 0 Å². The molecule has 3 nitrogen and oxygen atoms in total. The van der Waals surface area contributed by atoms with Crippen LogP contribution in [-0.2, 0) is 11.2 Å². The molecular formula is C15H23ClN2O. The summed E-state index contributed by atoms with van der Waals surface area (Å²) in [4.78, 5) is 2.43. The average molecular weight is 283 g/mol. The Morgan fingerprint density at radius 1 is 1.53 bits per heavy atom. The number of nitrogens with zero attached hydrogens (tertiary/aromatic N) is 1. The number of halogens is 1. The molecule has 1 saturated heterocycles. The number of nitrogens with two attached hydrogens (primary N) is 1. The predicted octanol–water partition coefficient (Wildman–Crippen LogP) is 2.70. The quantitative estimate of drug-likeness (QED) is 0.902. The van der Waals surface area contributed by atoms with E-state index in [9.17, 15) is 0 Å². The number of anilines is 1. The van der Waals surface area contributed by atoms with Gasteiger partial charge in [-0.25, -0.2) is 0 Å². The summed E-state index contributed by atoms with van der Waals surface area (Å²) in [6, 6.07) is 6.28. The van der Waals surface area contributed by atoms with Crippen molar-refractivity contribution in [1.82, 2.24) is 0 Å². The molecule has 2 atom stereocenters. The highest BCUT2D eigenvalue weighted by molar-refractivity contribution is 6.30. The third-order valence-corrected chi connectivity index (χ3v) is 3.85. The van der Waals surface area contributed by atoms with Gasteiger partial charge in [0, 0.05) is 42.9 Å². The van der Waals surface area contributed by atoms with E-state index in [-0.39, 0.29) is 6.04 Å². The summed E-state index contributed by atoms with van der Waals surface area (Å²) < 4.78 is 5.26. The Labute approximate surface area is 120 Å². The number of hydrogen-bond donors (Lipinski definition) is 1. The summed E-state index contributed by atoms with van der Waals surface area (Å²) in [5.74, 6) is 0.629. The fourth-order valence-electron chi connectivity index (χ4n) is 2.80. The summed E-state index contributed by atoms with van der Waals surface area (Å²) in [6.07, 6.45) is 2.05. The molecule has 2 N–H and O–H groups in total. The molecule has 1 aliphatic rings. The number of benzene rings is 1. The Morgan fingerprint density at radius 3 is 3.00 bits per heavy atom. The highest BCUT2D eigenvalue weighted by atomic mass is 35.5. The molecule has 1 heterocycles. The molecule has 1 aromatic rings. The summed E-state index contributed by atoms with van der Waals surface area (Å²) in [7, 11) is 1.77. The van der Waals surface area contributed by atoms with E-state index in [1.165, 1.54) is 17.7 Å². The molecule has 0 aromatic heterocycles. The van der Waals surface area contributed by atoms with E-state index in [1.54, 1.807) is 7.11 Å². The van der Waals surface area contributed by atoms with Gasteiger partial charge in [0.05, 0.1) is 6.61 Å². The van der Waals surface area contributed by atoms with Crippen molar-refractivity contribution < 1.29 is 4.74 Å². The summed E-state index contributed by atoms with van der Waals surface area (Å²) in [6.45, 7) is 5.01. The smallest absolute Gasteiger partial charge is 0.0508 e. The molecule has 1 fully saturated rings. The maximum absolute atomic E-state index is 6.11. The third-order valence-electron chi connectivity index (χ3n) is 3.61. The van der Waals surface area contributed by atoms with Crippen LogP contribution in [0.15, 0.2) is 18.2 Å². The van der Waals surface area contributed by atoms with Gasteiger partial charge in [0.2, 0.25) is 0 Å². The zero-order chi connectivity index (χ0) is 13.8. The Balaban J connectivity index is 2.15. The van der Waals surface area contributed by atoms with Gasteiger partial charge in [-0.15, -0.1) is 0 Å². The van der Waals surface area contributed by atoms with Crippen molar-refractivity contribution in [1.29, 1.82) is 0 Å². The normalized spacial score (nSPS) is 20.8. The van der Waals surface area contributed by atoms with E-state index >= 15 is 0 Å². The van der Waals surface area contributed by atoms with Crippen LogP contribution in [0.5, 0.6) is 0 Å². The van der Waals surface area contributed by atoms with Gasteiger partial charge in [0.15, 0.2) is 0 Å². The van der Waals surface area contributed by atoms with Crippen LogP contribution >= 0.6 is 11.6 Å². The zero-order valence-electron chi connectivity index (χ0n) is 11.7. The first-order chi connectivity index (χ1) is 9.10. The highest BCUT2D eigenvalue weighted by Gasteiger charge is 2.24. The lowest BCUT2D eigenvalue weighted by molar-refractivity contribution is 0.161. The van der Waals surface area contributed by atoms with Crippen LogP contribution in [0.3, 0.4) is 0 Å². The van der Waals surface area contributed by atoms with Gasteiger partial charge in [-0.05, 0) is 43.5 Å². The van der Waals surface area contributed by atoms with E-state index in [2.05, 4.69) is 11.0 Å². The van der Waals surface area contributed by atoms with Gasteiger partial charge in [-0.3, -0.25) is 0 Å². The van der Waals surface area contributed by atoms with Crippen molar-refractivity contribution in [2.45, 2.75) is 25.8 Å². The first kappa shape index (κ1) is 14.6. The molecule has 106 valence electrons. The average Bonchev–Trinajstić information content (AvgIpc) is 2.77. The minimum atomic E-state index is 0.148. The molecule has 4 heteroatoms. The number of hydrogen-bond acceptors (Lipinski definition) is 3. The third kappa shape index (κ3) is 3.85. The van der Waals surface area contributed by atoms with Crippen LogP contribution < -0.4 is 10.6 Å². The number of rotatable bonds is 5. The molecule has 1 aliphatic heterocycles. The Bertz CT molecular complexity index is 423. The molecule has 0 saturated carbocycles. The van der Waals surface area contributed by atoms with E-state index in [1.807, 2.05) is 19.1 Å². The van der Waals surface area contributed by atoms with Crippen LogP contribution in [0.1, 0.15) is 18.9 Å². The zero-order valence-corrected chi connectivity index (χ0v) is 12.5. The molecule has 0 bridgehead atoms. The number of ether oxygens (including phenoxy) is 1. The summed E-state index contributed by atoms with van der Waals surface area (Å²) in [5, 5.41) is 0.784. The van der Waals surface area contributed by atoms with Crippen LogP contribution in [0, 0.1) is 5.92 Å². The van der Waals surface area contributed by atoms with Crippen LogP contribution in [0.4, 0.5) is 5.69 Å². The Hall–Kier alpha value is -0.770. The molecular weight excluding hydrogens is 260 g/mol. The fraction of sp³-hybridized carbons (Fsp3) is 0.600. The summed E-state index contributed by atoms with van der Waals surface area (Å²) in [5.41, 5.74) is 8.46. The van der Waals surface area contributed by atoms with Crippen LogP contribution in [0.25, 0.3) is 0 Å². The molecule has 1 aromatic carbocycles. The molecule has 0 radical (unpaired) electrons. The lowest BCUT2D eigenvalue weighted by Crippen LogP contribution is -2.24. The largest absolute Gasteiger partial charge is 0.384 e. The first-order valence-corrected chi connectivity index (χ1v) is 7.26. The number of methoxy groups -OCH3 is 1. The molecule has 0 amide bonds. The van der Waals surface area contributed by atoms with E-state index in [4.69, 9.17) is 22.1 Å². The van der Waals surface area contributed by atoms with Crippen LogP contribution in [-0.4, -0.2) is 32.8 Å². The van der Waals surface area contributed by atoms with Crippen molar-refractivity contribution in [2.24, 2.45) is 11.7 Å². The van der Waals surface area contributed by atoms with E-state index in [0.29, 0.717) is 5.92 Å². The molecule has 19 heavy (non-hydrogen) atoms. The van der Waals surface area contributed by atoms with Gasteiger partial charge in [0.25, 0.3) is 0 Å². The second kappa shape index (κ2) is 6.60. The molecule has 0 aliphatic carbocycles. The first-order valence-electron chi connectivity index (χ1n) is 6.88. The monoisotopic (exact) mass is 282 g/mol. The molecule has 2 rings (SSSR count). The highest BCUT2D eigenvalue weighted by Crippen LogP contribution is 2.30. The maximum Gasteiger partial charge on any atom is 0.0508 e. The second-order valence-electron chi connectivity index (χ2n) is 5.51. The van der Waals surface area contributed by atoms with Gasteiger partial charge in [-0.2, -0.15) is 0 Å². The van der Waals surface area contributed by atoms with Crippen molar-refractivity contribution in [3.63, 3.8) is 0 Å². The van der Waals surface area contributed by atoms with Gasteiger partial charge in [-0.1, -0.05) is 11.6 Å². The second-order valence-corrected chi connectivity index (χ2v) is 5.95.